The average Bonchev–Trinajstić information content (AvgIpc) is 2.46. The number of carboxylic acids is 1. The van der Waals surface area contributed by atoms with Gasteiger partial charge in [-0.05, 0) is 43.2 Å². The highest BCUT2D eigenvalue weighted by atomic mass is 32.2. The quantitative estimate of drug-likeness (QED) is 0.887. The molecule has 5 nitrogen and oxygen atoms in total. The van der Waals surface area contributed by atoms with E-state index in [1.165, 1.54) is 18.2 Å². The molecule has 0 atom stereocenters. The molecule has 0 bridgehead atoms. The van der Waals surface area contributed by atoms with Crippen LogP contribution in [0.15, 0.2) is 53.4 Å². The fourth-order valence-corrected chi connectivity index (χ4v) is 3.36. The molecule has 0 radical (unpaired) electrons. The first-order valence-electron chi connectivity index (χ1n) is 6.76. The number of carbonyl (C=O) groups is 1. The summed E-state index contributed by atoms with van der Waals surface area (Å²) in [4.78, 5) is 11.4. The summed E-state index contributed by atoms with van der Waals surface area (Å²) in [5, 5.41) is 9.20. The minimum absolute atomic E-state index is 0.151. The predicted octanol–water partition coefficient (Wildman–Crippen LogP) is 2.74. The highest BCUT2D eigenvalue weighted by molar-refractivity contribution is 7.89. The van der Waals surface area contributed by atoms with Crippen molar-refractivity contribution in [2.75, 3.05) is 0 Å². The van der Waals surface area contributed by atoms with E-state index in [2.05, 4.69) is 4.72 Å². The lowest BCUT2D eigenvalue weighted by Crippen LogP contribution is -2.30. The van der Waals surface area contributed by atoms with Gasteiger partial charge in [-0.1, -0.05) is 30.3 Å². The number of benzene rings is 2. The standard InChI is InChI=1S/C16H17NO4S/c1-11(2)17-22(20,21)13-9-7-12(8-10-13)14-5-3-4-6-15(14)16(18)19/h3-11,17H,1-2H3,(H,18,19). The normalized spacial score (nSPS) is 11.6. The van der Waals surface area contributed by atoms with E-state index in [1.54, 1.807) is 44.2 Å². The first-order valence-corrected chi connectivity index (χ1v) is 8.24. The van der Waals surface area contributed by atoms with Gasteiger partial charge in [0.05, 0.1) is 10.5 Å². The van der Waals surface area contributed by atoms with Crippen LogP contribution in [0.2, 0.25) is 0 Å². The van der Waals surface area contributed by atoms with E-state index in [-0.39, 0.29) is 16.5 Å². The summed E-state index contributed by atoms with van der Waals surface area (Å²) in [6, 6.07) is 12.6. The molecule has 0 aliphatic carbocycles. The minimum atomic E-state index is -3.55. The van der Waals surface area contributed by atoms with Gasteiger partial charge in [0.25, 0.3) is 0 Å². The van der Waals surface area contributed by atoms with E-state index in [4.69, 9.17) is 0 Å². The van der Waals surface area contributed by atoms with Crippen molar-refractivity contribution in [1.29, 1.82) is 0 Å². The second-order valence-corrected chi connectivity index (χ2v) is 6.87. The van der Waals surface area contributed by atoms with Crippen LogP contribution in [-0.2, 0) is 10.0 Å². The summed E-state index contributed by atoms with van der Waals surface area (Å²) < 4.78 is 26.6. The number of hydrogen-bond donors (Lipinski definition) is 2. The summed E-state index contributed by atoms with van der Waals surface area (Å²) >= 11 is 0. The van der Waals surface area contributed by atoms with Crippen LogP contribution in [0.5, 0.6) is 0 Å². The van der Waals surface area contributed by atoms with Crippen molar-refractivity contribution in [3.63, 3.8) is 0 Å². The Balaban J connectivity index is 2.40. The van der Waals surface area contributed by atoms with Gasteiger partial charge in [0.2, 0.25) is 10.0 Å². The van der Waals surface area contributed by atoms with Crippen molar-refractivity contribution >= 4 is 16.0 Å². The SMILES string of the molecule is CC(C)NS(=O)(=O)c1ccc(-c2ccccc2C(=O)O)cc1. The molecule has 0 amide bonds. The Morgan fingerprint density at radius 3 is 2.18 bits per heavy atom. The van der Waals surface area contributed by atoms with Crippen molar-refractivity contribution in [3.8, 4) is 11.1 Å². The van der Waals surface area contributed by atoms with Gasteiger partial charge < -0.3 is 5.11 Å². The number of sulfonamides is 1. The molecule has 0 aromatic heterocycles. The summed E-state index contributed by atoms with van der Waals surface area (Å²) in [6.45, 7) is 3.49. The van der Waals surface area contributed by atoms with Crippen molar-refractivity contribution in [2.24, 2.45) is 0 Å². The number of aromatic carboxylic acids is 1. The molecule has 22 heavy (non-hydrogen) atoms. The summed E-state index contributed by atoms with van der Waals surface area (Å²) in [5.74, 6) is -1.02. The maximum atomic E-state index is 12.1. The highest BCUT2D eigenvalue weighted by Crippen LogP contribution is 2.25. The Morgan fingerprint density at radius 2 is 1.64 bits per heavy atom. The van der Waals surface area contributed by atoms with Gasteiger partial charge in [0.15, 0.2) is 0 Å². The lowest BCUT2D eigenvalue weighted by molar-refractivity contribution is 0.0697. The zero-order valence-corrected chi connectivity index (χ0v) is 13.1. The molecule has 0 aliphatic rings. The van der Waals surface area contributed by atoms with Crippen molar-refractivity contribution in [1.82, 2.24) is 4.72 Å². The summed E-state index contributed by atoms with van der Waals surface area (Å²) in [6.07, 6.45) is 0. The summed E-state index contributed by atoms with van der Waals surface area (Å²) in [7, 11) is -3.55. The van der Waals surface area contributed by atoms with Gasteiger partial charge in [-0.15, -0.1) is 0 Å². The van der Waals surface area contributed by atoms with Crippen LogP contribution in [0.1, 0.15) is 24.2 Å². The molecule has 0 saturated carbocycles. The molecule has 6 heteroatoms. The third kappa shape index (κ3) is 3.52. The van der Waals surface area contributed by atoms with Crippen LogP contribution in [-0.4, -0.2) is 25.5 Å². The molecule has 0 fully saturated rings. The maximum Gasteiger partial charge on any atom is 0.336 e. The summed E-state index contributed by atoms with van der Waals surface area (Å²) in [5.41, 5.74) is 1.38. The monoisotopic (exact) mass is 319 g/mol. The Morgan fingerprint density at radius 1 is 1.05 bits per heavy atom. The third-order valence-electron chi connectivity index (χ3n) is 3.02. The van der Waals surface area contributed by atoms with Crippen LogP contribution in [0, 0.1) is 0 Å². The largest absolute Gasteiger partial charge is 0.478 e. The zero-order valence-electron chi connectivity index (χ0n) is 12.3. The fraction of sp³-hybridized carbons (Fsp3) is 0.188. The van der Waals surface area contributed by atoms with Gasteiger partial charge >= 0.3 is 5.97 Å². The molecule has 2 aromatic carbocycles. The molecule has 2 N–H and O–H groups in total. The van der Waals surface area contributed by atoms with Gasteiger partial charge in [0, 0.05) is 6.04 Å². The van der Waals surface area contributed by atoms with Crippen LogP contribution in [0.25, 0.3) is 11.1 Å². The molecule has 0 heterocycles. The van der Waals surface area contributed by atoms with E-state index in [1.807, 2.05) is 0 Å². The average molecular weight is 319 g/mol. The van der Waals surface area contributed by atoms with Gasteiger partial charge in [-0.2, -0.15) is 0 Å². The van der Waals surface area contributed by atoms with E-state index < -0.39 is 16.0 Å². The van der Waals surface area contributed by atoms with Gasteiger partial charge in [-0.25, -0.2) is 17.9 Å². The molecule has 0 unspecified atom stereocenters. The van der Waals surface area contributed by atoms with Crippen molar-refractivity contribution in [3.05, 3.63) is 54.1 Å². The molecular formula is C16H17NO4S. The Hall–Kier alpha value is -2.18. The zero-order chi connectivity index (χ0) is 16.3. The number of nitrogens with one attached hydrogen (secondary N) is 1. The first kappa shape index (κ1) is 16.2. The molecule has 0 spiro atoms. The number of carboxylic acid groups (broad SMARTS) is 1. The predicted molar refractivity (Wildman–Crippen MR) is 84.3 cm³/mol. The van der Waals surface area contributed by atoms with E-state index >= 15 is 0 Å². The van der Waals surface area contributed by atoms with Crippen molar-refractivity contribution in [2.45, 2.75) is 24.8 Å². The van der Waals surface area contributed by atoms with Crippen LogP contribution in [0.4, 0.5) is 0 Å². The second-order valence-electron chi connectivity index (χ2n) is 5.15. The van der Waals surface area contributed by atoms with Crippen molar-refractivity contribution < 1.29 is 18.3 Å². The second kappa shape index (κ2) is 6.29. The molecule has 0 aliphatic heterocycles. The smallest absolute Gasteiger partial charge is 0.336 e. The highest BCUT2D eigenvalue weighted by Gasteiger charge is 2.16. The van der Waals surface area contributed by atoms with Crippen LogP contribution >= 0.6 is 0 Å². The van der Waals surface area contributed by atoms with Gasteiger partial charge in [0.1, 0.15) is 0 Å². The lowest BCUT2D eigenvalue weighted by Gasteiger charge is -2.11. The molecule has 2 rings (SSSR count). The topological polar surface area (TPSA) is 83.5 Å². The molecule has 0 saturated heterocycles. The Labute approximate surface area is 129 Å². The van der Waals surface area contributed by atoms with Crippen LogP contribution < -0.4 is 4.72 Å². The third-order valence-corrected chi connectivity index (χ3v) is 4.70. The Kier molecular flexibility index (Phi) is 4.63. The van der Waals surface area contributed by atoms with E-state index in [0.29, 0.717) is 11.1 Å². The van der Waals surface area contributed by atoms with E-state index in [0.717, 1.165) is 0 Å². The number of rotatable bonds is 5. The molecular weight excluding hydrogens is 302 g/mol. The van der Waals surface area contributed by atoms with Gasteiger partial charge in [-0.3, -0.25) is 0 Å². The minimum Gasteiger partial charge on any atom is -0.478 e. The lowest BCUT2D eigenvalue weighted by atomic mass is 10.00. The molecule has 2 aromatic rings. The number of hydrogen-bond acceptors (Lipinski definition) is 3. The van der Waals surface area contributed by atoms with E-state index in [9.17, 15) is 18.3 Å². The maximum absolute atomic E-state index is 12.1. The molecule has 116 valence electrons. The first-order chi connectivity index (χ1) is 10.3. The van der Waals surface area contributed by atoms with Crippen LogP contribution in [0.3, 0.4) is 0 Å². The Bertz CT molecular complexity index is 780. The fourth-order valence-electron chi connectivity index (χ4n) is 2.11.